The number of para-hydroxylation sites is 1. The van der Waals surface area contributed by atoms with Gasteiger partial charge in [-0.2, -0.15) is 13.2 Å². The molecular formula is C26H15Cl2F3N2O4. The van der Waals surface area contributed by atoms with Gasteiger partial charge in [0.15, 0.2) is 5.75 Å². The predicted molar refractivity (Wildman–Crippen MR) is 135 cm³/mol. The van der Waals surface area contributed by atoms with Crippen LogP contribution in [0, 0.1) is 10.1 Å². The van der Waals surface area contributed by atoms with E-state index in [-0.39, 0.29) is 15.8 Å². The Hall–Kier alpha value is -4.08. The van der Waals surface area contributed by atoms with E-state index in [0.717, 1.165) is 6.07 Å². The molecule has 0 bridgehead atoms. The second kappa shape index (κ2) is 10.9. The van der Waals surface area contributed by atoms with E-state index < -0.39 is 28.1 Å². The minimum Gasteiger partial charge on any atom is -0.457 e. The molecule has 0 atom stereocenters. The lowest BCUT2D eigenvalue weighted by atomic mass is 10.1. The average molecular weight is 547 g/mol. The molecule has 0 aromatic heterocycles. The molecular weight excluding hydrogens is 532 g/mol. The quantitative estimate of drug-likeness (QED) is 0.131. The normalized spacial score (nSPS) is 11.5. The molecule has 0 saturated heterocycles. The van der Waals surface area contributed by atoms with Gasteiger partial charge in [-0.15, -0.1) is 0 Å². The van der Waals surface area contributed by atoms with Gasteiger partial charge in [-0.3, -0.25) is 15.1 Å². The fourth-order valence-electron chi connectivity index (χ4n) is 3.16. The van der Waals surface area contributed by atoms with Crippen molar-refractivity contribution in [1.29, 1.82) is 0 Å². The van der Waals surface area contributed by atoms with Crippen LogP contribution in [0.15, 0.2) is 89.9 Å². The van der Waals surface area contributed by atoms with Crippen LogP contribution in [0.5, 0.6) is 23.0 Å². The van der Waals surface area contributed by atoms with E-state index >= 15 is 0 Å². The number of ether oxygens (including phenoxy) is 2. The van der Waals surface area contributed by atoms with Gasteiger partial charge in [-0.05, 0) is 66.2 Å². The van der Waals surface area contributed by atoms with Crippen molar-refractivity contribution in [3.8, 4) is 23.0 Å². The first kappa shape index (κ1) is 26.0. The zero-order valence-corrected chi connectivity index (χ0v) is 20.1. The Morgan fingerprint density at radius 3 is 2.05 bits per heavy atom. The number of nitro benzene ring substituents is 1. The van der Waals surface area contributed by atoms with E-state index in [1.807, 2.05) is 30.3 Å². The van der Waals surface area contributed by atoms with Crippen molar-refractivity contribution in [3.05, 3.63) is 116 Å². The van der Waals surface area contributed by atoms with Gasteiger partial charge >= 0.3 is 11.9 Å². The lowest BCUT2D eigenvalue weighted by Gasteiger charge is -2.12. The van der Waals surface area contributed by atoms with Crippen molar-refractivity contribution in [1.82, 2.24) is 0 Å². The first-order chi connectivity index (χ1) is 17.6. The Labute approximate surface area is 218 Å². The van der Waals surface area contributed by atoms with E-state index in [9.17, 15) is 23.3 Å². The molecule has 0 saturated carbocycles. The Morgan fingerprint density at radius 2 is 1.46 bits per heavy atom. The van der Waals surface area contributed by atoms with Gasteiger partial charge in [0.05, 0.1) is 26.2 Å². The molecule has 6 nitrogen and oxygen atoms in total. The van der Waals surface area contributed by atoms with E-state index in [1.165, 1.54) is 18.3 Å². The number of hydrogen-bond acceptors (Lipinski definition) is 5. The van der Waals surface area contributed by atoms with Crippen LogP contribution in [0.1, 0.15) is 11.1 Å². The third-order valence-electron chi connectivity index (χ3n) is 4.89. The minimum atomic E-state index is -4.76. The summed E-state index contributed by atoms with van der Waals surface area (Å²) in [6, 6.07) is 21.1. The van der Waals surface area contributed by atoms with Crippen LogP contribution >= 0.6 is 23.2 Å². The van der Waals surface area contributed by atoms with Crippen molar-refractivity contribution in [2.75, 3.05) is 0 Å². The van der Waals surface area contributed by atoms with Crippen LogP contribution in [0.3, 0.4) is 0 Å². The molecule has 0 unspecified atom stereocenters. The molecule has 4 rings (SSSR count). The summed E-state index contributed by atoms with van der Waals surface area (Å²) in [6.45, 7) is 0. The smallest absolute Gasteiger partial charge is 0.416 e. The summed E-state index contributed by atoms with van der Waals surface area (Å²) in [5.41, 5.74) is -0.954. The van der Waals surface area contributed by atoms with Crippen molar-refractivity contribution < 1.29 is 27.6 Å². The maximum absolute atomic E-state index is 12.9. The first-order valence-corrected chi connectivity index (χ1v) is 11.3. The number of alkyl halides is 3. The molecule has 0 radical (unpaired) electrons. The van der Waals surface area contributed by atoms with Crippen molar-refractivity contribution in [2.24, 2.45) is 4.99 Å². The Balaban J connectivity index is 1.51. The minimum absolute atomic E-state index is 0.0187. The molecule has 0 aliphatic heterocycles. The standard InChI is InChI=1S/C26H15Cl2F3N2O4/c27-21-12-16(15-32-18-7-9-20(10-8-18)36-19-4-2-1-3-5-19)13-22(28)25(21)37-24-11-6-17(26(29,30)31)14-23(24)33(34)35/h1-15H. The highest BCUT2D eigenvalue weighted by Gasteiger charge is 2.33. The maximum atomic E-state index is 12.9. The highest BCUT2D eigenvalue weighted by Crippen LogP contribution is 2.42. The summed E-state index contributed by atoms with van der Waals surface area (Å²) >= 11 is 12.5. The fourth-order valence-corrected chi connectivity index (χ4v) is 3.74. The summed E-state index contributed by atoms with van der Waals surface area (Å²) in [6.07, 6.45) is -3.26. The van der Waals surface area contributed by atoms with E-state index in [1.54, 1.807) is 24.3 Å². The third-order valence-corrected chi connectivity index (χ3v) is 5.46. The molecule has 11 heteroatoms. The van der Waals surface area contributed by atoms with E-state index in [4.69, 9.17) is 32.7 Å². The number of halogens is 5. The van der Waals surface area contributed by atoms with Crippen LogP contribution in [-0.4, -0.2) is 11.1 Å². The van der Waals surface area contributed by atoms with Gasteiger partial charge in [0.1, 0.15) is 11.5 Å². The second-order valence-electron chi connectivity index (χ2n) is 7.52. The Bertz CT molecular complexity index is 1440. The molecule has 0 N–H and O–H groups in total. The van der Waals surface area contributed by atoms with Crippen molar-refractivity contribution in [3.63, 3.8) is 0 Å². The molecule has 0 aliphatic carbocycles. The summed E-state index contributed by atoms with van der Waals surface area (Å²) in [5, 5.41) is 11.3. The van der Waals surface area contributed by atoms with E-state index in [2.05, 4.69) is 4.99 Å². The van der Waals surface area contributed by atoms with Gasteiger partial charge in [0.25, 0.3) is 0 Å². The largest absolute Gasteiger partial charge is 0.457 e. The molecule has 0 aliphatic rings. The van der Waals surface area contributed by atoms with Crippen molar-refractivity contribution in [2.45, 2.75) is 6.18 Å². The van der Waals surface area contributed by atoms with Crippen LogP contribution < -0.4 is 9.47 Å². The fraction of sp³-hybridized carbons (Fsp3) is 0.0385. The van der Waals surface area contributed by atoms with Gasteiger partial charge < -0.3 is 9.47 Å². The molecule has 4 aromatic rings. The van der Waals surface area contributed by atoms with Gasteiger partial charge in [-0.1, -0.05) is 41.4 Å². The number of rotatable bonds is 7. The van der Waals surface area contributed by atoms with Crippen molar-refractivity contribution >= 4 is 40.8 Å². The summed E-state index contributed by atoms with van der Waals surface area (Å²) in [5.74, 6) is 0.744. The number of hydrogen-bond donors (Lipinski definition) is 0. The SMILES string of the molecule is O=[N+]([O-])c1cc(C(F)(F)F)ccc1Oc1c(Cl)cc(C=Nc2ccc(Oc3ccccc3)cc2)cc1Cl. The Kier molecular flexibility index (Phi) is 7.66. The third kappa shape index (κ3) is 6.58. The van der Waals surface area contributed by atoms with Gasteiger partial charge in [-0.25, -0.2) is 0 Å². The highest BCUT2D eigenvalue weighted by molar-refractivity contribution is 6.37. The topological polar surface area (TPSA) is 74.0 Å². The number of aliphatic imine (C=N–C) groups is 1. The monoisotopic (exact) mass is 546 g/mol. The molecule has 0 heterocycles. The highest BCUT2D eigenvalue weighted by atomic mass is 35.5. The molecule has 0 fully saturated rings. The Morgan fingerprint density at radius 1 is 0.838 bits per heavy atom. The predicted octanol–water partition coefficient (Wildman–Crippen LogP) is 9.26. The summed E-state index contributed by atoms with van der Waals surface area (Å²) in [7, 11) is 0. The molecule has 37 heavy (non-hydrogen) atoms. The molecule has 188 valence electrons. The zero-order chi connectivity index (χ0) is 26.6. The molecule has 4 aromatic carbocycles. The van der Waals surface area contributed by atoms with Gasteiger partial charge in [0.2, 0.25) is 5.75 Å². The first-order valence-electron chi connectivity index (χ1n) is 10.5. The average Bonchev–Trinajstić information content (AvgIpc) is 2.86. The van der Waals surface area contributed by atoms with Gasteiger partial charge in [0, 0.05) is 12.3 Å². The maximum Gasteiger partial charge on any atom is 0.416 e. The number of nitro groups is 1. The summed E-state index contributed by atoms with van der Waals surface area (Å²) in [4.78, 5) is 14.7. The molecule has 0 amide bonds. The molecule has 0 spiro atoms. The summed E-state index contributed by atoms with van der Waals surface area (Å²) < 4.78 is 50.0. The second-order valence-corrected chi connectivity index (χ2v) is 8.33. The zero-order valence-electron chi connectivity index (χ0n) is 18.6. The number of nitrogens with zero attached hydrogens (tertiary/aromatic N) is 2. The number of benzene rings is 4. The van der Waals surface area contributed by atoms with E-state index in [0.29, 0.717) is 34.9 Å². The lowest BCUT2D eigenvalue weighted by molar-refractivity contribution is -0.385. The van der Waals surface area contributed by atoms with Crippen LogP contribution in [0.2, 0.25) is 10.0 Å². The van der Waals surface area contributed by atoms with Crippen LogP contribution in [0.25, 0.3) is 0 Å². The van der Waals surface area contributed by atoms with Crippen LogP contribution in [0.4, 0.5) is 24.5 Å². The lowest BCUT2D eigenvalue weighted by Crippen LogP contribution is -2.06. The van der Waals surface area contributed by atoms with Crippen LogP contribution in [-0.2, 0) is 6.18 Å².